The molecule has 0 saturated carbocycles. The predicted molar refractivity (Wildman–Crippen MR) is 118 cm³/mol. The Morgan fingerprint density at radius 3 is 2.48 bits per heavy atom. The fraction of sp³-hybridized carbons (Fsp3) is 0.250. The first kappa shape index (κ1) is 20.7. The molecule has 0 bridgehead atoms. The molecule has 7 heteroatoms. The van der Waals surface area contributed by atoms with Crippen molar-refractivity contribution in [2.24, 2.45) is 0 Å². The van der Waals surface area contributed by atoms with Gasteiger partial charge in [-0.3, -0.25) is 10.3 Å². The van der Waals surface area contributed by atoms with Gasteiger partial charge in [0, 0.05) is 37.9 Å². The third-order valence-electron chi connectivity index (χ3n) is 4.98. The lowest BCUT2D eigenvalue weighted by molar-refractivity contribution is 0.139. The van der Waals surface area contributed by atoms with E-state index < -0.39 is 6.23 Å². The first-order chi connectivity index (χ1) is 15.3. The topological polar surface area (TPSA) is 75.7 Å². The number of hydrogen-bond donors (Lipinski definition) is 2. The quantitative estimate of drug-likeness (QED) is 0.576. The molecule has 7 nitrogen and oxygen atoms in total. The Hall–Kier alpha value is -3.58. The van der Waals surface area contributed by atoms with Gasteiger partial charge in [-0.05, 0) is 42.0 Å². The molecule has 1 aliphatic heterocycles. The third kappa shape index (κ3) is 5.96. The van der Waals surface area contributed by atoms with Crippen LogP contribution in [0.2, 0.25) is 0 Å². The van der Waals surface area contributed by atoms with E-state index in [1.165, 1.54) is 0 Å². The SMILES string of the molecule is O=C(NC(Oc1cccnc1)c1ccc(OCc2ccccc2)cc1)N1CCNCC1. The Labute approximate surface area is 182 Å². The minimum Gasteiger partial charge on any atom is -0.489 e. The van der Waals surface area contributed by atoms with E-state index in [-0.39, 0.29) is 6.03 Å². The standard InChI is InChI=1S/C24H26N4O3/c29-24(28-15-13-25-14-16-28)27-23(31-22-7-4-12-26-17-22)20-8-10-21(11-9-20)30-18-19-5-2-1-3-6-19/h1-12,17,23,25H,13-16,18H2,(H,27,29). The molecule has 0 aliphatic carbocycles. The second-order valence-corrected chi connectivity index (χ2v) is 7.22. The van der Waals surface area contributed by atoms with Gasteiger partial charge in [-0.25, -0.2) is 4.79 Å². The van der Waals surface area contributed by atoms with Crippen molar-refractivity contribution in [3.05, 3.63) is 90.3 Å². The van der Waals surface area contributed by atoms with Gasteiger partial charge in [-0.15, -0.1) is 0 Å². The highest BCUT2D eigenvalue weighted by Gasteiger charge is 2.22. The van der Waals surface area contributed by atoms with Crippen LogP contribution in [0.4, 0.5) is 4.79 Å². The Kier molecular flexibility index (Phi) is 6.97. The predicted octanol–water partition coefficient (Wildman–Crippen LogP) is 3.35. The van der Waals surface area contributed by atoms with Crippen molar-refractivity contribution in [1.29, 1.82) is 0 Å². The number of nitrogens with zero attached hydrogens (tertiary/aromatic N) is 2. The summed E-state index contributed by atoms with van der Waals surface area (Å²) in [5, 5.41) is 6.25. The van der Waals surface area contributed by atoms with Crippen molar-refractivity contribution < 1.29 is 14.3 Å². The Bertz CT molecular complexity index is 946. The molecule has 0 radical (unpaired) electrons. The zero-order valence-corrected chi connectivity index (χ0v) is 17.2. The van der Waals surface area contributed by atoms with E-state index >= 15 is 0 Å². The summed E-state index contributed by atoms with van der Waals surface area (Å²) in [5.74, 6) is 1.33. The maximum Gasteiger partial charge on any atom is 0.320 e. The summed E-state index contributed by atoms with van der Waals surface area (Å²) in [6.45, 7) is 3.40. The maximum atomic E-state index is 12.8. The summed E-state index contributed by atoms with van der Waals surface area (Å²) >= 11 is 0. The van der Waals surface area contributed by atoms with Crippen LogP contribution < -0.4 is 20.1 Å². The average molecular weight is 418 g/mol. The molecule has 31 heavy (non-hydrogen) atoms. The normalized spacial score (nSPS) is 14.5. The zero-order valence-electron chi connectivity index (χ0n) is 17.2. The van der Waals surface area contributed by atoms with Gasteiger partial charge in [-0.1, -0.05) is 30.3 Å². The van der Waals surface area contributed by atoms with Crippen molar-refractivity contribution in [2.75, 3.05) is 26.2 Å². The number of aromatic nitrogens is 1. The molecule has 1 atom stereocenters. The number of amides is 2. The summed E-state index contributed by atoms with van der Waals surface area (Å²) in [4.78, 5) is 18.6. The van der Waals surface area contributed by atoms with Crippen LogP contribution in [0.1, 0.15) is 17.4 Å². The number of rotatable bonds is 7. The minimum atomic E-state index is -0.644. The van der Waals surface area contributed by atoms with Gasteiger partial charge in [-0.2, -0.15) is 0 Å². The maximum absolute atomic E-state index is 12.8. The molecule has 2 amide bonds. The van der Waals surface area contributed by atoms with Crippen LogP contribution in [0.25, 0.3) is 0 Å². The minimum absolute atomic E-state index is 0.153. The number of nitrogens with one attached hydrogen (secondary N) is 2. The van der Waals surface area contributed by atoms with Gasteiger partial charge in [0.1, 0.15) is 18.1 Å². The van der Waals surface area contributed by atoms with Crippen LogP contribution in [0.3, 0.4) is 0 Å². The molecule has 2 aromatic carbocycles. The van der Waals surface area contributed by atoms with E-state index in [9.17, 15) is 4.79 Å². The second-order valence-electron chi connectivity index (χ2n) is 7.22. The number of urea groups is 1. The second kappa shape index (κ2) is 10.4. The number of piperazine rings is 1. The number of carbonyl (C=O) groups is 1. The van der Waals surface area contributed by atoms with E-state index in [1.807, 2.05) is 60.7 Å². The number of pyridine rings is 1. The molecule has 1 aliphatic rings. The highest BCUT2D eigenvalue weighted by molar-refractivity contribution is 5.74. The molecule has 2 heterocycles. The molecular weight excluding hydrogens is 392 g/mol. The van der Waals surface area contributed by atoms with E-state index in [2.05, 4.69) is 15.6 Å². The monoisotopic (exact) mass is 418 g/mol. The fourth-order valence-electron chi connectivity index (χ4n) is 3.28. The Morgan fingerprint density at radius 2 is 1.77 bits per heavy atom. The summed E-state index contributed by atoms with van der Waals surface area (Å²) in [6, 6.07) is 21.0. The molecule has 1 aromatic heterocycles. The van der Waals surface area contributed by atoms with Crippen LogP contribution in [0.15, 0.2) is 79.1 Å². The molecule has 1 unspecified atom stereocenters. The van der Waals surface area contributed by atoms with Crippen molar-refractivity contribution in [1.82, 2.24) is 20.5 Å². The van der Waals surface area contributed by atoms with Crippen molar-refractivity contribution in [3.63, 3.8) is 0 Å². The van der Waals surface area contributed by atoms with E-state index in [0.29, 0.717) is 25.4 Å². The third-order valence-corrected chi connectivity index (χ3v) is 4.98. The van der Waals surface area contributed by atoms with Crippen molar-refractivity contribution in [3.8, 4) is 11.5 Å². The molecule has 2 N–H and O–H groups in total. The van der Waals surface area contributed by atoms with Crippen LogP contribution in [0, 0.1) is 0 Å². The Morgan fingerprint density at radius 1 is 1.00 bits per heavy atom. The lowest BCUT2D eigenvalue weighted by Crippen LogP contribution is -2.51. The van der Waals surface area contributed by atoms with E-state index in [0.717, 1.165) is 30.0 Å². The van der Waals surface area contributed by atoms with Crippen molar-refractivity contribution in [2.45, 2.75) is 12.8 Å². The summed E-state index contributed by atoms with van der Waals surface area (Å²) in [7, 11) is 0. The van der Waals surface area contributed by atoms with Gasteiger partial charge in [0.05, 0.1) is 6.20 Å². The number of ether oxygens (including phenoxy) is 2. The van der Waals surface area contributed by atoms with Gasteiger partial charge < -0.3 is 19.7 Å². The molecule has 1 fully saturated rings. The molecule has 0 spiro atoms. The van der Waals surface area contributed by atoms with Crippen molar-refractivity contribution >= 4 is 6.03 Å². The van der Waals surface area contributed by atoms with Crippen LogP contribution in [-0.2, 0) is 6.61 Å². The molecule has 160 valence electrons. The highest BCUT2D eigenvalue weighted by atomic mass is 16.5. The largest absolute Gasteiger partial charge is 0.489 e. The van der Waals surface area contributed by atoms with Gasteiger partial charge in [0.15, 0.2) is 6.23 Å². The van der Waals surface area contributed by atoms with E-state index in [4.69, 9.17) is 9.47 Å². The first-order valence-electron chi connectivity index (χ1n) is 10.4. The molecule has 1 saturated heterocycles. The highest BCUT2D eigenvalue weighted by Crippen LogP contribution is 2.22. The number of benzene rings is 2. The number of carbonyl (C=O) groups excluding carboxylic acids is 1. The summed E-state index contributed by atoms with van der Waals surface area (Å²) in [6.07, 6.45) is 2.66. The lowest BCUT2D eigenvalue weighted by Gasteiger charge is -2.30. The Balaban J connectivity index is 1.45. The van der Waals surface area contributed by atoms with Gasteiger partial charge in [0.25, 0.3) is 0 Å². The smallest absolute Gasteiger partial charge is 0.320 e. The molecule has 3 aromatic rings. The number of hydrogen-bond acceptors (Lipinski definition) is 5. The molecule has 4 rings (SSSR count). The lowest BCUT2D eigenvalue weighted by atomic mass is 10.2. The summed E-state index contributed by atoms with van der Waals surface area (Å²) in [5.41, 5.74) is 1.92. The van der Waals surface area contributed by atoms with Crippen LogP contribution in [0.5, 0.6) is 11.5 Å². The fourth-order valence-corrected chi connectivity index (χ4v) is 3.28. The first-order valence-corrected chi connectivity index (χ1v) is 10.4. The van der Waals surface area contributed by atoms with E-state index in [1.54, 1.807) is 23.4 Å². The van der Waals surface area contributed by atoms with Crippen LogP contribution >= 0.6 is 0 Å². The van der Waals surface area contributed by atoms with Gasteiger partial charge in [0.2, 0.25) is 0 Å². The molecular formula is C24H26N4O3. The van der Waals surface area contributed by atoms with Gasteiger partial charge >= 0.3 is 6.03 Å². The average Bonchev–Trinajstić information content (AvgIpc) is 2.84. The summed E-state index contributed by atoms with van der Waals surface area (Å²) < 4.78 is 11.9. The zero-order chi connectivity index (χ0) is 21.3. The van der Waals surface area contributed by atoms with Crippen LogP contribution in [-0.4, -0.2) is 42.1 Å².